The molecular formula is C8H9FO3S. The Bertz CT molecular complexity index is 411. The summed E-state index contributed by atoms with van der Waals surface area (Å²) < 4.78 is 34.3. The molecule has 0 spiro atoms. The fourth-order valence-corrected chi connectivity index (χ4v) is 1.75. The highest BCUT2D eigenvalue weighted by molar-refractivity contribution is 7.89. The van der Waals surface area contributed by atoms with Gasteiger partial charge in [-0.15, -0.1) is 0 Å². The molecule has 0 radical (unpaired) electrons. The lowest BCUT2D eigenvalue weighted by Crippen LogP contribution is -2.01. The number of rotatable bonds is 2. The van der Waals surface area contributed by atoms with E-state index in [0.717, 1.165) is 24.5 Å². The molecule has 0 atom stereocenters. The Morgan fingerprint density at radius 2 is 2.08 bits per heavy atom. The Hall–Kier alpha value is -1.10. The second kappa shape index (κ2) is 3.33. The maximum atomic E-state index is 12.6. The van der Waals surface area contributed by atoms with Crippen LogP contribution in [0.15, 0.2) is 18.2 Å². The van der Waals surface area contributed by atoms with Crippen LogP contribution in [0.3, 0.4) is 0 Å². The second-order valence-corrected chi connectivity index (χ2v) is 4.98. The Morgan fingerprint density at radius 3 is 2.62 bits per heavy atom. The summed E-state index contributed by atoms with van der Waals surface area (Å²) >= 11 is 0. The van der Waals surface area contributed by atoms with Crippen molar-refractivity contribution in [1.82, 2.24) is 0 Å². The Morgan fingerprint density at radius 1 is 1.46 bits per heavy atom. The van der Waals surface area contributed by atoms with Crippen LogP contribution in [0, 0.1) is 5.82 Å². The van der Waals surface area contributed by atoms with E-state index in [9.17, 15) is 12.8 Å². The van der Waals surface area contributed by atoms with Gasteiger partial charge in [0.15, 0.2) is 9.84 Å². The van der Waals surface area contributed by atoms with Crippen LogP contribution >= 0.6 is 0 Å². The zero-order valence-electron chi connectivity index (χ0n) is 6.99. The van der Waals surface area contributed by atoms with Crippen LogP contribution in [0.5, 0.6) is 5.75 Å². The zero-order valence-corrected chi connectivity index (χ0v) is 7.81. The summed E-state index contributed by atoms with van der Waals surface area (Å²) in [6.45, 7) is 0. The SMILES string of the molecule is CS(=O)(=O)Cc1cc(F)ccc1O. The van der Waals surface area contributed by atoms with Crippen molar-refractivity contribution < 1.29 is 17.9 Å². The minimum absolute atomic E-state index is 0.0856. The molecule has 0 unspecified atom stereocenters. The van der Waals surface area contributed by atoms with Crippen LogP contribution in [0.2, 0.25) is 0 Å². The Balaban J connectivity index is 3.08. The number of sulfone groups is 1. The molecule has 1 N–H and O–H groups in total. The minimum atomic E-state index is -3.24. The summed E-state index contributed by atoms with van der Waals surface area (Å²) in [7, 11) is -3.24. The van der Waals surface area contributed by atoms with Crippen LogP contribution in [-0.2, 0) is 15.6 Å². The molecule has 1 rings (SSSR count). The van der Waals surface area contributed by atoms with E-state index in [1.807, 2.05) is 0 Å². The van der Waals surface area contributed by atoms with Gasteiger partial charge in [0.1, 0.15) is 11.6 Å². The van der Waals surface area contributed by atoms with Crippen molar-refractivity contribution >= 4 is 9.84 Å². The first-order chi connectivity index (χ1) is 5.88. The average Bonchev–Trinajstić information content (AvgIpc) is 1.94. The van der Waals surface area contributed by atoms with E-state index in [1.165, 1.54) is 0 Å². The first-order valence-electron chi connectivity index (χ1n) is 3.53. The molecule has 0 bridgehead atoms. The smallest absolute Gasteiger partial charge is 0.151 e. The second-order valence-electron chi connectivity index (χ2n) is 2.84. The number of hydrogen-bond acceptors (Lipinski definition) is 3. The lowest BCUT2D eigenvalue weighted by Gasteiger charge is -2.02. The maximum absolute atomic E-state index is 12.6. The molecule has 5 heteroatoms. The van der Waals surface area contributed by atoms with Crippen molar-refractivity contribution in [3.63, 3.8) is 0 Å². The standard InChI is InChI=1S/C8H9FO3S/c1-13(11,12)5-6-4-7(9)2-3-8(6)10/h2-4,10H,5H2,1H3. The van der Waals surface area contributed by atoms with E-state index in [4.69, 9.17) is 5.11 Å². The van der Waals surface area contributed by atoms with E-state index in [1.54, 1.807) is 0 Å². The Labute approximate surface area is 75.7 Å². The monoisotopic (exact) mass is 204 g/mol. The third kappa shape index (κ3) is 3.02. The quantitative estimate of drug-likeness (QED) is 0.784. The highest BCUT2D eigenvalue weighted by Crippen LogP contribution is 2.19. The van der Waals surface area contributed by atoms with Gasteiger partial charge in [0.25, 0.3) is 0 Å². The number of phenolic OH excluding ortho intramolecular Hbond substituents is 1. The van der Waals surface area contributed by atoms with Gasteiger partial charge >= 0.3 is 0 Å². The van der Waals surface area contributed by atoms with Gasteiger partial charge in [0, 0.05) is 11.8 Å². The van der Waals surface area contributed by atoms with Gasteiger partial charge in [-0.1, -0.05) is 0 Å². The van der Waals surface area contributed by atoms with E-state index in [-0.39, 0.29) is 17.1 Å². The van der Waals surface area contributed by atoms with Crippen LogP contribution < -0.4 is 0 Å². The van der Waals surface area contributed by atoms with Crippen molar-refractivity contribution in [2.45, 2.75) is 5.75 Å². The molecule has 0 amide bonds. The van der Waals surface area contributed by atoms with E-state index < -0.39 is 15.7 Å². The molecule has 72 valence electrons. The van der Waals surface area contributed by atoms with Crippen LogP contribution in [-0.4, -0.2) is 19.8 Å². The molecule has 0 aromatic heterocycles. The van der Waals surface area contributed by atoms with Crippen molar-refractivity contribution in [3.8, 4) is 5.75 Å². The van der Waals surface area contributed by atoms with Gasteiger partial charge < -0.3 is 5.11 Å². The molecule has 3 nitrogen and oxygen atoms in total. The molecule has 0 aliphatic heterocycles. The number of aromatic hydroxyl groups is 1. The predicted molar refractivity (Wildman–Crippen MR) is 46.6 cm³/mol. The molecule has 1 aromatic carbocycles. The summed E-state index contributed by atoms with van der Waals surface area (Å²) in [5, 5.41) is 9.17. The topological polar surface area (TPSA) is 54.4 Å². The van der Waals surface area contributed by atoms with Gasteiger partial charge in [-0.25, -0.2) is 12.8 Å². The number of benzene rings is 1. The summed E-state index contributed by atoms with van der Waals surface area (Å²) in [6, 6.07) is 3.22. The van der Waals surface area contributed by atoms with Crippen molar-refractivity contribution in [2.24, 2.45) is 0 Å². The maximum Gasteiger partial charge on any atom is 0.151 e. The predicted octanol–water partition coefficient (Wildman–Crippen LogP) is 1.08. The molecule has 0 saturated carbocycles. The molecule has 0 aliphatic rings. The van der Waals surface area contributed by atoms with Gasteiger partial charge in [-0.3, -0.25) is 0 Å². The molecule has 0 fully saturated rings. The van der Waals surface area contributed by atoms with Crippen LogP contribution in [0.25, 0.3) is 0 Å². The summed E-state index contributed by atoms with van der Waals surface area (Å²) in [6.07, 6.45) is 1.03. The molecule has 0 saturated heterocycles. The molecule has 0 aliphatic carbocycles. The summed E-state index contributed by atoms with van der Waals surface area (Å²) in [5.41, 5.74) is 0.0856. The van der Waals surface area contributed by atoms with E-state index in [2.05, 4.69) is 0 Å². The molecular weight excluding hydrogens is 195 g/mol. The third-order valence-corrected chi connectivity index (χ3v) is 2.29. The van der Waals surface area contributed by atoms with Gasteiger partial charge in [-0.05, 0) is 18.2 Å². The number of hydrogen-bond donors (Lipinski definition) is 1. The fourth-order valence-electron chi connectivity index (χ4n) is 0.952. The highest BCUT2D eigenvalue weighted by atomic mass is 32.2. The fraction of sp³-hybridized carbons (Fsp3) is 0.250. The highest BCUT2D eigenvalue weighted by Gasteiger charge is 2.09. The van der Waals surface area contributed by atoms with Crippen molar-refractivity contribution in [3.05, 3.63) is 29.6 Å². The zero-order chi connectivity index (χ0) is 10.1. The van der Waals surface area contributed by atoms with E-state index in [0.29, 0.717) is 0 Å². The molecule has 0 heterocycles. The normalized spacial score (nSPS) is 11.5. The molecule has 1 aromatic rings. The average molecular weight is 204 g/mol. The largest absolute Gasteiger partial charge is 0.508 e. The summed E-state index contributed by atoms with van der Waals surface area (Å²) in [5.74, 6) is -1.11. The minimum Gasteiger partial charge on any atom is -0.508 e. The van der Waals surface area contributed by atoms with Crippen LogP contribution in [0.1, 0.15) is 5.56 Å². The van der Waals surface area contributed by atoms with E-state index >= 15 is 0 Å². The Kier molecular flexibility index (Phi) is 2.56. The first kappa shape index (κ1) is 9.98. The van der Waals surface area contributed by atoms with Gasteiger partial charge in [0.2, 0.25) is 0 Å². The van der Waals surface area contributed by atoms with Gasteiger partial charge in [-0.2, -0.15) is 0 Å². The third-order valence-electron chi connectivity index (χ3n) is 1.46. The molecule has 13 heavy (non-hydrogen) atoms. The lowest BCUT2D eigenvalue weighted by atomic mass is 10.2. The van der Waals surface area contributed by atoms with Crippen molar-refractivity contribution in [1.29, 1.82) is 0 Å². The number of halogens is 1. The number of phenols is 1. The van der Waals surface area contributed by atoms with Crippen molar-refractivity contribution in [2.75, 3.05) is 6.26 Å². The van der Waals surface area contributed by atoms with Crippen LogP contribution in [0.4, 0.5) is 4.39 Å². The first-order valence-corrected chi connectivity index (χ1v) is 5.59. The van der Waals surface area contributed by atoms with Gasteiger partial charge in [0.05, 0.1) is 5.75 Å². The lowest BCUT2D eigenvalue weighted by molar-refractivity contribution is 0.467. The summed E-state index contributed by atoms with van der Waals surface area (Å²) in [4.78, 5) is 0.